The number of hydrogen-bond donors (Lipinski definition) is 2. The van der Waals surface area contributed by atoms with Crippen molar-refractivity contribution in [2.45, 2.75) is 6.54 Å². The predicted octanol–water partition coefficient (Wildman–Crippen LogP) is 4.35. The van der Waals surface area contributed by atoms with E-state index in [4.69, 9.17) is 29.6 Å². The summed E-state index contributed by atoms with van der Waals surface area (Å²) in [5.74, 6) is 0. The summed E-state index contributed by atoms with van der Waals surface area (Å²) in [6.45, 7) is 0.700. The molecule has 2 aromatic carbocycles. The molecule has 98 valence electrons. The third-order valence-corrected chi connectivity index (χ3v) is 3.67. The van der Waals surface area contributed by atoms with E-state index < -0.39 is 0 Å². The van der Waals surface area contributed by atoms with Crippen LogP contribution in [0.1, 0.15) is 11.1 Å². The van der Waals surface area contributed by atoms with Gasteiger partial charge < -0.3 is 11.1 Å². The highest BCUT2D eigenvalue weighted by atomic mass is 79.9. The topological polar surface area (TPSA) is 38.0 Å². The van der Waals surface area contributed by atoms with Crippen molar-refractivity contribution in [2.24, 2.45) is 5.73 Å². The molecule has 0 unspecified atom stereocenters. The highest BCUT2D eigenvalue weighted by molar-refractivity contribution is 9.10. The van der Waals surface area contributed by atoms with Gasteiger partial charge in [0.1, 0.15) is 4.99 Å². The number of nitrogens with one attached hydrogen (secondary N) is 1. The molecular formula is C14H12BrClN2S. The molecule has 0 aliphatic carbocycles. The summed E-state index contributed by atoms with van der Waals surface area (Å²) < 4.78 is 1.06. The van der Waals surface area contributed by atoms with Gasteiger partial charge in [0.05, 0.1) is 10.7 Å². The average Bonchev–Trinajstić information content (AvgIpc) is 2.37. The SMILES string of the molecule is NC(=S)c1ccc(NCc2cccc(Br)c2)c(Cl)c1. The smallest absolute Gasteiger partial charge is 0.104 e. The Hall–Kier alpha value is -1.10. The van der Waals surface area contributed by atoms with Crippen LogP contribution >= 0.6 is 39.7 Å². The first-order valence-corrected chi connectivity index (χ1v) is 7.22. The third kappa shape index (κ3) is 3.93. The maximum absolute atomic E-state index is 6.18. The van der Waals surface area contributed by atoms with Gasteiger partial charge in [-0.3, -0.25) is 0 Å². The maximum atomic E-state index is 6.18. The molecule has 0 spiro atoms. The van der Waals surface area contributed by atoms with Gasteiger partial charge >= 0.3 is 0 Å². The molecule has 0 heterocycles. The molecule has 0 saturated heterocycles. The van der Waals surface area contributed by atoms with Crippen molar-refractivity contribution in [3.8, 4) is 0 Å². The van der Waals surface area contributed by atoms with Crippen molar-refractivity contribution >= 4 is 50.4 Å². The second-order valence-electron chi connectivity index (χ2n) is 4.04. The predicted molar refractivity (Wildman–Crippen MR) is 88.8 cm³/mol. The molecule has 0 amide bonds. The first-order chi connectivity index (χ1) is 9.06. The first-order valence-electron chi connectivity index (χ1n) is 5.64. The fourth-order valence-electron chi connectivity index (χ4n) is 1.66. The zero-order valence-electron chi connectivity index (χ0n) is 9.99. The molecule has 0 atom stereocenters. The van der Waals surface area contributed by atoms with E-state index in [1.807, 2.05) is 24.3 Å². The number of anilines is 1. The van der Waals surface area contributed by atoms with Crippen LogP contribution in [0.5, 0.6) is 0 Å². The van der Waals surface area contributed by atoms with Gasteiger partial charge in [-0.15, -0.1) is 0 Å². The molecule has 0 aliphatic rings. The van der Waals surface area contributed by atoms with Crippen molar-refractivity contribution in [3.63, 3.8) is 0 Å². The number of halogens is 2. The van der Waals surface area contributed by atoms with Crippen LogP contribution < -0.4 is 11.1 Å². The molecule has 0 aliphatic heterocycles. The minimum Gasteiger partial charge on any atom is -0.389 e. The van der Waals surface area contributed by atoms with Crippen LogP contribution in [-0.4, -0.2) is 4.99 Å². The number of benzene rings is 2. The number of thiocarbonyl (C=S) groups is 1. The summed E-state index contributed by atoms with van der Waals surface area (Å²) in [5.41, 5.74) is 8.37. The van der Waals surface area contributed by atoms with Gasteiger partial charge in [-0.25, -0.2) is 0 Å². The lowest BCUT2D eigenvalue weighted by Crippen LogP contribution is -2.09. The zero-order valence-corrected chi connectivity index (χ0v) is 13.1. The van der Waals surface area contributed by atoms with Gasteiger partial charge in [0.2, 0.25) is 0 Å². The van der Waals surface area contributed by atoms with Crippen molar-refractivity contribution in [2.75, 3.05) is 5.32 Å². The lowest BCUT2D eigenvalue weighted by Gasteiger charge is -2.10. The summed E-state index contributed by atoms with van der Waals surface area (Å²) in [6.07, 6.45) is 0. The van der Waals surface area contributed by atoms with Gasteiger partial charge in [-0.05, 0) is 35.9 Å². The molecule has 5 heteroatoms. The standard InChI is InChI=1S/C14H12BrClN2S/c15-11-3-1-2-9(6-11)8-18-13-5-4-10(14(17)19)7-12(13)16/h1-7,18H,8H2,(H2,17,19). The number of nitrogens with two attached hydrogens (primary N) is 1. The Balaban J connectivity index is 2.10. The van der Waals surface area contributed by atoms with Gasteiger partial charge in [0, 0.05) is 16.6 Å². The van der Waals surface area contributed by atoms with Crippen molar-refractivity contribution in [3.05, 3.63) is 63.1 Å². The van der Waals surface area contributed by atoms with Crippen LogP contribution in [0.4, 0.5) is 5.69 Å². The molecule has 2 nitrogen and oxygen atoms in total. The van der Waals surface area contributed by atoms with Gasteiger partial charge in [-0.1, -0.05) is 51.9 Å². The molecule has 0 saturated carbocycles. The van der Waals surface area contributed by atoms with E-state index in [0.717, 1.165) is 15.7 Å². The van der Waals surface area contributed by atoms with Crippen LogP contribution in [0.3, 0.4) is 0 Å². The van der Waals surface area contributed by atoms with Crippen molar-refractivity contribution in [1.82, 2.24) is 0 Å². The van der Waals surface area contributed by atoms with Crippen LogP contribution in [0, 0.1) is 0 Å². The summed E-state index contributed by atoms with van der Waals surface area (Å²) >= 11 is 14.5. The summed E-state index contributed by atoms with van der Waals surface area (Å²) in [4.78, 5) is 0.348. The van der Waals surface area contributed by atoms with Crippen molar-refractivity contribution in [1.29, 1.82) is 0 Å². The second-order valence-corrected chi connectivity index (χ2v) is 5.81. The van der Waals surface area contributed by atoms with E-state index in [9.17, 15) is 0 Å². The lowest BCUT2D eigenvalue weighted by atomic mass is 10.2. The molecular weight excluding hydrogens is 344 g/mol. The maximum Gasteiger partial charge on any atom is 0.104 e. The van der Waals surface area contributed by atoms with Crippen LogP contribution in [0.25, 0.3) is 0 Å². The Morgan fingerprint density at radius 1 is 1.26 bits per heavy atom. The molecule has 0 radical (unpaired) electrons. The largest absolute Gasteiger partial charge is 0.389 e. The highest BCUT2D eigenvalue weighted by Crippen LogP contribution is 2.24. The summed E-state index contributed by atoms with van der Waals surface area (Å²) in [5, 5.41) is 3.90. The highest BCUT2D eigenvalue weighted by Gasteiger charge is 2.03. The van der Waals surface area contributed by atoms with E-state index >= 15 is 0 Å². The molecule has 0 aromatic heterocycles. The normalized spacial score (nSPS) is 10.2. The Morgan fingerprint density at radius 2 is 2.05 bits per heavy atom. The Morgan fingerprint density at radius 3 is 2.68 bits per heavy atom. The summed E-state index contributed by atoms with van der Waals surface area (Å²) in [7, 11) is 0. The fourth-order valence-corrected chi connectivity index (χ4v) is 2.48. The molecule has 3 N–H and O–H groups in total. The molecule has 2 rings (SSSR count). The summed E-state index contributed by atoms with van der Waals surface area (Å²) in [6, 6.07) is 13.6. The Labute approximate surface area is 131 Å². The van der Waals surface area contributed by atoms with E-state index in [0.29, 0.717) is 16.6 Å². The van der Waals surface area contributed by atoms with Crippen LogP contribution in [0.2, 0.25) is 5.02 Å². The number of rotatable bonds is 4. The minimum absolute atomic E-state index is 0.348. The van der Waals surface area contributed by atoms with Gasteiger partial charge in [-0.2, -0.15) is 0 Å². The van der Waals surface area contributed by atoms with Gasteiger partial charge in [0.15, 0.2) is 0 Å². The Kier molecular flexibility index (Phi) is 4.80. The first kappa shape index (κ1) is 14.3. The number of hydrogen-bond acceptors (Lipinski definition) is 2. The third-order valence-electron chi connectivity index (χ3n) is 2.63. The van der Waals surface area contributed by atoms with Crippen LogP contribution in [-0.2, 0) is 6.54 Å². The second kappa shape index (κ2) is 6.37. The quantitative estimate of drug-likeness (QED) is 0.801. The van der Waals surface area contributed by atoms with E-state index in [1.54, 1.807) is 6.07 Å². The van der Waals surface area contributed by atoms with E-state index in [2.05, 4.69) is 33.4 Å². The van der Waals surface area contributed by atoms with Crippen molar-refractivity contribution < 1.29 is 0 Å². The molecule has 0 fully saturated rings. The average molecular weight is 356 g/mol. The lowest BCUT2D eigenvalue weighted by molar-refractivity contribution is 1.15. The van der Waals surface area contributed by atoms with Crippen LogP contribution in [0.15, 0.2) is 46.9 Å². The fraction of sp³-hybridized carbons (Fsp3) is 0.0714. The molecule has 19 heavy (non-hydrogen) atoms. The van der Waals surface area contributed by atoms with E-state index in [1.165, 1.54) is 5.56 Å². The minimum atomic E-state index is 0.348. The zero-order chi connectivity index (χ0) is 13.8. The van der Waals surface area contributed by atoms with E-state index in [-0.39, 0.29) is 0 Å². The van der Waals surface area contributed by atoms with Gasteiger partial charge in [0.25, 0.3) is 0 Å². The monoisotopic (exact) mass is 354 g/mol. The Bertz CT molecular complexity index is 616. The molecule has 2 aromatic rings. The molecule has 0 bridgehead atoms.